The van der Waals surface area contributed by atoms with Gasteiger partial charge in [0, 0.05) is 16.4 Å². The van der Waals surface area contributed by atoms with Gasteiger partial charge in [0.15, 0.2) is 0 Å². The molecule has 0 saturated heterocycles. The Kier molecular flexibility index (Phi) is 5.59. The molecule has 4 aromatic carbocycles. The molecule has 4 heteroatoms. The van der Waals surface area contributed by atoms with E-state index in [9.17, 15) is 4.79 Å². The average molecular weight is 399 g/mol. The smallest absolute Gasteiger partial charge is 0.308 e. The van der Waals surface area contributed by atoms with Crippen LogP contribution in [-0.2, 0) is 0 Å². The standard InChI is InChI=1S/C25H19ClN2O/c26-22-13-15-23(16-14-22)27-25(29)28-24-8-4-7-21(17-24)20-11-9-19(10-12-20)18-5-2-1-3-6-18/h1-17H,(H2,27,28,29). The topological polar surface area (TPSA) is 41.1 Å². The number of halogens is 1. The van der Waals surface area contributed by atoms with Gasteiger partial charge in [-0.3, -0.25) is 0 Å². The lowest BCUT2D eigenvalue weighted by Crippen LogP contribution is -2.19. The number of hydrogen-bond donors (Lipinski definition) is 2. The third-order valence-electron chi connectivity index (χ3n) is 4.55. The lowest BCUT2D eigenvalue weighted by atomic mass is 10.00. The molecule has 29 heavy (non-hydrogen) atoms. The van der Waals surface area contributed by atoms with Crippen molar-refractivity contribution in [3.8, 4) is 22.3 Å². The van der Waals surface area contributed by atoms with Gasteiger partial charge in [-0.2, -0.15) is 0 Å². The molecule has 0 aliphatic carbocycles. The Labute approximate surface area is 175 Å². The van der Waals surface area contributed by atoms with Crippen molar-refractivity contribution in [3.05, 3.63) is 108 Å². The zero-order valence-corrected chi connectivity index (χ0v) is 16.4. The number of benzene rings is 4. The van der Waals surface area contributed by atoms with Crippen LogP contribution in [0.1, 0.15) is 0 Å². The Morgan fingerprint density at radius 1 is 0.552 bits per heavy atom. The second-order valence-electron chi connectivity index (χ2n) is 6.61. The predicted octanol–water partition coefficient (Wildman–Crippen LogP) is 7.32. The van der Waals surface area contributed by atoms with Gasteiger partial charge in [-0.25, -0.2) is 4.79 Å². The van der Waals surface area contributed by atoms with Gasteiger partial charge in [0.2, 0.25) is 0 Å². The van der Waals surface area contributed by atoms with E-state index in [0.717, 1.165) is 16.8 Å². The molecule has 0 atom stereocenters. The molecule has 2 amide bonds. The molecule has 0 unspecified atom stereocenters. The van der Waals surface area contributed by atoms with E-state index in [1.54, 1.807) is 24.3 Å². The van der Waals surface area contributed by atoms with Gasteiger partial charge in [-0.1, -0.05) is 78.3 Å². The van der Waals surface area contributed by atoms with Crippen molar-refractivity contribution in [2.75, 3.05) is 10.6 Å². The molecule has 0 heterocycles. The van der Waals surface area contributed by atoms with E-state index < -0.39 is 0 Å². The summed E-state index contributed by atoms with van der Waals surface area (Å²) in [7, 11) is 0. The predicted molar refractivity (Wildman–Crippen MR) is 121 cm³/mol. The molecular weight excluding hydrogens is 380 g/mol. The molecule has 0 saturated carbocycles. The Hall–Kier alpha value is -3.56. The van der Waals surface area contributed by atoms with Crippen molar-refractivity contribution >= 4 is 29.0 Å². The van der Waals surface area contributed by atoms with Crippen LogP contribution < -0.4 is 10.6 Å². The van der Waals surface area contributed by atoms with Crippen LogP contribution in [0.25, 0.3) is 22.3 Å². The van der Waals surface area contributed by atoms with Crippen LogP contribution in [0.3, 0.4) is 0 Å². The van der Waals surface area contributed by atoms with E-state index in [1.165, 1.54) is 11.1 Å². The third kappa shape index (κ3) is 4.84. The van der Waals surface area contributed by atoms with E-state index in [0.29, 0.717) is 10.7 Å². The van der Waals surface area contributed by atoms with Crippen LogP contribution in [0.2, 0.25) is 5.02 Å². The van der Waals surface area contributed by atoms with Gasteiger partial charge in [0.25, 0.3) is 0 Å². The Balaban J connectivity index is 1.47. The van der Waals surface area contributed by atoms with Crippen molar-refractivity contribution in [3.63, 3.8) is 0 Å². The van der Waals surface area contributed by atoms with E-state index in [2.05, 4.69) is 47.0 Å². The number of carbonyl (C=O) groups is 1. The third-order valence-corrected chi connectivity index (χ3v) is 4.80. The number of hydrogen-bond acceptors (Lipinski definition) is 1. The molecule has 0 radical (unpaired) electrons. The minimum atomic E-state index is -0.302. The van der Waals surface area contributed by atoms with Crippen molar-refractivity contribution in [2.24, 2.45) is 0 Å². The summed E-state index contributed by atoms with van der Waals surface area (Å²) in [5.74, 6) is 0. The van der Waals surface area contributed by atoms with Crippen LogP contribution in [0.5, 0.6) is 0 Å². The van der Waals surface area contributed by atoms with Gasteiger partial charge in [0.1, 0.15) is 0 Å². The molecule has 3 nitrogen and oxygen atoms in total. The van der Waals surface area contributed by atoms with Crippen molar-refractivity contribution in [2.45, 2.75) is 0 Å². The van der Waals surface area contributed by atoms with Gasteiger partial charge >= 0.3 is 6.03 Å². The van der Waals surface area contributed by atoms with Crippen molar-refractivity contribution in [1.82, 2.24) is 0 Å². The number of urea groups is 1. The quantitative estimate of drug-likeness (QED) is 0.371. The maximum absolute atomic E-state index is 12.3. The Morgan fingerprint density at radius 2 is 1.10 bits per heavy atom. The van der Waals surface area contributed by atoms with Gasteiger partial charge in [-0.15, -0.1) is 0 Å². The summed E-state index contributed by atoms with van der Waals surface area (Å²) < 4.78 is 0. The van der Waals surface area contributed by atoms with Crippen LogP contribution in [0, 0.1) is 0 Å². The molecule has 0 bridgehead atoms. The van der Waals surface area contributed by atoms with Gasteiger partial charge in [-0.05, 0) is 58.7 Å². The van der Waals surface area contributed by atoms with Gasteiger partial charge < -0.3 is 10.6 Å². The van der Waals surface area contributed by atoms with Crippen LogP contribution in [0.15, 0.2) is 103 Å². The molecule has 142 valence electrons. The summed E-state index contributed by atoms with van der Waals surface area (Å²) >= 11 is 5.87. The summed E-state index contributed by atoms with van der Waals surface area (Å²) in [5.41, 5.74) is 5.89. The first-order valence-electron chi connectivity index (χ1n) is 9.27. The molecular formula is C25H19ClN2O. The van der Waals surface area contributed by atoms with Crippen LogP contribution in [0.4, 0.5) is 16.2 Å². The molecule has 4 aromatic rings. The molecule has 0 fully saturated rings. The lowest BCUT2D eigenvalue weighted by molar-refractivity contribution is 0.262. The molecule has 2 N–H and O–H groups in total. The first kappa shape index (κ1) is 18.8. The van der Waals surface area contributed by atoms with E-state index in [-0.39, 0.29) is 6.03 Å². The van der Waals surface area contributed by atoms with Gasteiger partial charge in [0.05, 0.1) is 0 Å². The highest BCUT2D eigenvalue weighted by atomic mass is 35.5. The fraction of sp³-hybridized carbons (Fsp3) is 0. The maximum atomic E-state index is 12.3. The van der Waals surface area contributed by atoms with E-state index in [4.69, 9.17) is 11.6 Å². The zero-order chi connectivity index (χ0) is 20.1. The van der Waals surface area contributed by atoms with Crippen molar-refractivity contribution < 1.29 is 4.79 Å². The number of nitrogens with one attached hydrogen (secondary N) is 2. The molecule has 0 aliphatic heterocycles. The fourth-order valence-corrected chi connectivity index (χ4v) is 3.21. The molecule has 0 spiro atoms. The minimum absolute atomic E-state index is 0.302. The molecule has 0 aromatic heterocycles. The number of anilines is 2. The highest BCUT2D eigenvalue weighted by Gasteiger charge is 2.05. The van der Waals surface area contributed by atoms with Crippen molar-refractivity contribution in [1.29, 1.82) is 0 Å². The molecule has 4 rings (SSSR count). The minimum Gasteiger partial charge on any atom is -0.308 e. The number of carbonyl (C=O) groups excluding carboxylic acids is 1. The normalized spacial score (nSPS) is 10.4. The first-order valence-corrected chi connectivity index (χ1v) is 9.65. The first-order chi connectivity index (χ1) is 14.2. The second-order valence-corrected chi connectivity index (χ2v) is 7.05. The summed E-state index contributed by atoms with van der Waals surface area (Å²) in [6.45, 7) is 0. The van der Waals surface area contributed by atoms with E-state index in [1.807, 2.05) is 42.5 Å². The van der Waals surface area contributed by atoms with Crippen LogP contribution >= 0.6 is 11.6 Å². The number of rotatable bonds is 4. The monoisotopic (exact) mass is 398 g/mol. The highest BCUT2D eigenvalue weighted by molar-refractivity contribution is 6.30. The second kappa shape index (κ2) is 8.63. The maximum Gasteiger partial charge on any atom is 0.323 e. The zero-order valence-electron chi connectivity index (χ0n) is 15.6. The Morgan fingerprint density at radius 3 is 1.79 bits per heavy atom. The summed E-state index contributed by atoms with van der Waals surface area (Å²) in [5, 5.41) is 6.29. The summed E-state index contributed by atoms with van der Waals surface area (Å²) in [6, 6.07) is 33.1. The van der Waals surface area contributed by atoms with E-state index >= 15 is 0 Å². The number of amides is 2. The SMILES string of the molecule is O=C(Nc1ccc(Cl)cc1)Nc1cccc(-c2ccc(-c3ccccc3)cc2)c1. The largest absolute Gasteiger partial charge is 0.323 e. The summed E-state index contributed by atoms with van der Waals surface area (Å²) in [4.78, 5) is 12.3. The average Bonchev–Trinajstić information content (AvgIpc) is 2.76. The summed E-state index contributed by atoms with van der Waals surface area (Å²) in [6.07, 6.45) is 0. The fourth-order valence-electron chi connectivity index (χ4n) is 3.09. The molecule has 0 aliphatic rings. The Bertz CT molecular complexity index is 1110. The highest BCUT2D eigenvalue weighted by Crippen LogP contribution is 2.26. The lowest BCUT2D eigenvalue weighted by Gasteiger charge is -2.10. The van der Waals surface area contributed by atoms with Crippen LogP contribution in [-0.4, -0.2) is 6.03 Å².